The average molecular weight is 383 g/mol. The zero-order valence-electron chi connectivity index (χ0n) is 12.1. The summed E-state index contributed by atoms with van der Waals surface area (Å²) in [5.41, 5.74) is 5.26. The summed E-state index contributed by atoms with van der Waals surface area (Å²) in [4.78, 5) is 8.53. The van der Waals surface area contributed by atoms with Crippen LogP contribution in [-0.4, -0.2) is 27.9 Å². The third-order valence-corrected chi connectivity index (χ3v) is 4.20. The second kappa shape index (κ2) is 8.27. The fraction of sp³-hybridized carbons (Fsp3) is 0.250. The van der Waals surface area contributed by atoms with Gasteiger partial charge in [0, 0.05) is 28.3 Å². The van der Waals surface area contributed by atoms with Crippen LogP contribution in [0.3, 0.4) is 0 Å². The molecule has 0 aliphatic rings. The Balaban J connectivity index is 2.22. The topological polar surface area (TPSA) is 57.5 Å². The van der Waals surface area contributed by atoms with E-state index in [4.69, 9.17) is 11.6 Å². The molecule has 0 saturated carbocycles. The van der Waals surface area contributed by atoms with E-state index < -0.39 is 0 Å². The Hall–Kier alpha value is -1.43. The van der Waals surface area contributed by atoms with Crippen LogP contribution >= 0.6 is 27.5 Å². The number of hydrogen-bond donors (Lipinski definition) is 2. The first-order chi connectivity index (χ1) is 10.6. The van der Waals surface area contributed by atoms with Gasteiger partial charge in [0.25, 0.3) is 0 Å². The van der Waals surface area contributed by atoms with Crippen molar-refractivity contribution in [3.8, 4) is 0 Å². The molecule has 22 heavy (non-hydrogen) atoms. The lowest BCUT2D eigenvalue weighted by atomic mass is 10.1. The SMILES string of the molecule is Cc1ccc(C[C@H](CCl)N=C(NO)c2ccncc2Br)cc1. The largest absolute Gasteiger partial charge is 0.290 e. The number of nitrogens with one attached hydrogen (secondary N) is 1. The highest BCUT2D eigenvalue weighted by molar-refractivity contribution is 9.10. The number of alkyl halides is 1. The maximum absolute atomic E-state index is 9.39. The van der Waals surface area contributed by atoms with Crippen molar-refractivity contribution in [1.29, 1.82) is 0 Å². The molecule has 4 nitrogen and oxygen atoms in total. The van der Waals surface area contributed by atoms with E-state index in [0.717, 1.165) is 15.6 Å². The van der Waals surface area contributed by atoms with Crippen LogP contribution in [0.15, 0.2) is 52.2 Å². The monoisotopic (exact) mass is 381 g/mol. The number of rotatable bonds is 5. The van der Waals surface area contributed by atoms with Gasteiger partial charge in [0.05, 0.1) is 6.04 Å². The molecule has 0 fully saturated rings. The van der Waals surface area contributed by atoms with E-state index in [0.29, 0.717) is 18.1 Å². The molecular weight excluding hydrogens is 366 g/mol. The van der Waals surface area contributed by atoms with Crippen molar-refractivity contribution < 1.29 is 5.21 Å². The second-order valence-electron chi connectivity index (χ2n) is 4.94. The Bertz CT molecular complexity index is 646. The molecule has 6 heteroatoms. The highest BCUT2D eigenvalue weighted by Gasteiger charge is 2.12. The summed E-state index contributed by atoms with van der Waals surface area (Å²) in [6.07, 6.45) is 4.00. The number of benzene rings is 1. The van der Waals surface area contributed by atoms with Gasteiger partial charge in [0.2, 0.25) is 0 Å². The van der Waals surface area contributed by atoms with E-state index in [9.17, 15) is 5.21 Å². The Morgan fingerprint density at radius 2 is 2.09 bits per heavy atom. The van der Waals surface area contributed by atoms with Gasteiger partial charge in [-0.25, -0.2) is 0 Å². The number of hydrogen-bond acceptors (Lipinski definition) is 3. The smallest absolute Gasteiger partial charge is 0.153 e. The summed E-state index contributed by atoms with van der Waals surface area (Å²) in [6, 6.07) is 9.89. The van der Waals surface area contributed by atoms with Crippen LogP contribution < -0.4 is 5.48 Å². The van der Waals surface area contributed by atoms with E-state index >= 15 is 0 Å². The predicted molar refractivity (Wildman–Crippen MR) is 92.8 cm³/mol. The third kappa shape index (κ3) is 4.53. The molecule has 1 atom stereocenters. The molecule has 0 saturated heterocycles. The quantitative estimate of drug-likeness (QED) is 0.358. The molecule has 1 aromatic heterocycles. The summed E-state index contributed by atoms with van der Waals surface area (Å²) in [7, 11) is 0. The first-order valence-electron chi connectivity index (χ1n) is 6.83. The predicted octanol–water partition coefficient (Wildman–Crippen LogP) is 3.73. The lowest BCUT2D eigenvalue weighted by Gasteiger charge is -2.13. The van der Waals surface area contributed by atoms with Gasteiger partial charge in [-0.1, -0.05) is 29.8 Å². The van der Waals surface area contributed by atoms with Gasteiger partial charge in [-0.15, -0.1) is 11.6 Å². The average Bonchev–Trinajstić information content (AvgIpc) is 2.54. The second-order valence-corrected chi connectivity index (χ2v) is 6.11. The summed E-state index contributed by atoms with van der Waals surface area (Å²) >= 11 is 9.43. The number of nitrogens with zero attached hydrogens (tertiary/aromatic N) is 2. The molecule has 0 amide bonds. The minimum Gasteiger partial charge on any atom is -0.290 e. The zero-order valence-corrected chi connectivity index (χ0v) is 14.5. The standard InChI is InChI=1S/C16H17BrClN3O/c1-11-2-4-12(5-3-11)8-13(9-18)20-16(21-22)14-6-7-19-10-15(14)17/h2-7,10,13,22H,8-9H2,1H3,(H,20,21)/t13-/m1/s1. The summed E-state index contributed by atoms with van der Waals surface area (Å²) in [5.74, 6) is 0.730. The summed E-state index contributed by atoms with van der Waals surface area (Å²) in [5, 5.41) is 9.39. The van der Waals surface area contributed by atoms with Crippen LogP contribution in [0.5, 0.6) is 0 Å². The fourth-order valence-corrected chi connectivity index (χ4v) is 2.66. The van der Waals surface area contributed by atoms with Crippen molar-refractivity contribution in [2.45, 2.75) is 19.4 Å². The maximum atomic E-state index is 9.39. The Morgan fingerprint density at radius 1 is 1.36 bits per heavy atom. The van der Waals surface area contributed by atoms with E-state index in [-0.39, 0.29) is 6.04 Å². The molecule has 2 aromatic rings. The van der Waals surface area contributed by atoms with Crippen LogP contribution in [0.25, 0.3) is 0 Å². The van der Waals surface area contributed by atoms with Gasteiger partial charge >= 0.3 is 0 Å². The third-order valence-electron chi connectivity index (χ3n) is 3.22. The van der Waals surface area contributed by atoms with Crippen LogP contribution in [0.4, 0.5) is 0 Å². The van der Waals surface area contributed by atoms with E-state index in [1.165, 1.54) is 5.56 Å². The molecule has 0 bridgehead atoms. The normalized spacial score (nSPS) is 13.0. The first kappa shape index (κ1) is 16.9. The van der Waals surface area contributed by atoms with Crippen molar-refractivity contribution in [3.05, 3.63) is 63.9 Å². The minimum atomic E-state index is -0.140. The molecule has 1 heterocycles. The first-order valence-corrected chi connectivity index (χ1v) is 8.16. The summed E-state index contributed by atoms with van der Waals surface area (Å²) in [6.45, 7) is 2.05. The molecule has 1 aromatic carbocycles. The molecular formula is C16H17BrClN3O. The molecule has 2 N–H and O–H groups in total. The molecule has 0 radical (unpaired) electrons. The zero-order chi connectivity index (χ0) is 15.9. The summed E-state index contributed by atoms with van der Waals surface area (Å²) < 4.78 is 0.749. The van der Waals surface area contributed by atoms with Gasteiger partial charge in [-0.2, -0.15) is 0 Å². The van der Waals surface area contributed by atoms with Gasteiger partial charge in [-0.05, 0) is 40.9 Å². The van der Waals surface area contributed by atoms with Crippen LogP contribution in [0.2, 0.25) is 0 Å². The number of hydroxylamine groups is 1. The minimum absolute atomic E-state index is 0.140. The molecule has 0 aliphatic heterocycles. The highest BCUT2D eigenvalue weighted by atomic mass is 79.9. The number of amidine groups is 1. The number of halogens is 2. The molecule has 2 rings (SSSR count). The highest BCUT2D eigenvalue weighted by Crippen LogP contribution is 2.16. The fourth-order valence-electron chi connectivity index (χ4n) is 2.04. The molecule has 0 spiro atoms. The lowest BCUT2D eigenvalue weighted by Crippen LogP contribution is -2.25. The number of aliphatic imine (C=N–C) groups is 1. The number of aromatic nitrogens is 1. The Morgan fingerprint density at radius 3 is 2.68 bits per heavy atom. The number of pyridine rings is 1. The Labute approximate surface area is 143 Å². The molecule has 116 valence electrons. The van der Waals surface area contributed by atoms with Crippen LogP contribution in [-0.2, 0) is 6.42 Å². The molecule has 0 unspecified atom stereocenters. The van der Waals surface area contributed by atoms with Crippen molar-refractivity contribution in [1.82, 2.24) is 10.5 Å². The Kier molecular flexibility index (Phi) is 6.36. The van der Waals surface area contributed by atoms with Gasteiger partial charge in [0.1, 0.15) is 0 Å². The lowest BCUT2D eigenvalue weighted by molar-refractivity contribution is 0.234. The van der Waals surface area contributed by atoms with Crippen molar-refractivity contribution >= 4 is 33.4 Å². The van der Waals surface area contributed by atoms with Gasteiger partial charge in [-0.3, -0.25) is 20.7 Å². The van der Waals surface area contributed by atoms with Crippen LogP contribution in [0, 0.1) is 6.92 Å². The van der Waals surface area contributed by atoms with Gasteiger partial charge < -0.3 is 0 Å². The number of aryl methyl sites for hydroxylation is 1. The maximum Gasteiger partial charge on any atom is 0.153 e. The van der Waals surface area contributed by atoms with E-state index in [1.54, 1.807) is 18.5 Å². The van der Waals surface area contributed by atoms with E-state index in [2.05, 4.69) is 62.6 Å². The van der Waals surface area contributed by atoms with E-state index in [1.807, 2.05) is 0 Å². The van der Waals surface area contributed by atoms with Crippen LogP contribution in [0.1, 0.15) is 16.7 Å². The molecule has 0 aliphatic carbocycles. The van der Waals surface area contributed by atoms with Gasteiger partial charge in [0.15, 0.2) is 5.84 Å². The van der Waals surface area contributed by atoms with Crippen molar-refractivity contribution in [3.63, 3.8) is 0 Å². The van der Waals surface area contributed by atoms with Crippen molar-refractivity contribution in [2.24, 2.45) is 4.99 Å². The van der Waals surface area contributed by atoms with Crippen molar-refractivity contribution in [2.75, 3.05) is 5.88 Å².